The SMILES string of the molecule is CCCCCCCCC(CN)(COC)C1CCCCC1. The first-order valence-electron chi connectivity index (χ1n) is 8.98. The molecule has 0 aromatic heterocycles. The van der Waals surface area contributed by atoms with Crippen LogP contribution in [0.25, 0.3) is 0 Å². The minimum Gasteiger partial charge on any atom is -0.384 e. The second-order valence-electron chi connectivity index (χ2n) is 6.85. The molecule has 1 aliphatic carbocycles. The maximum Gasteiger partial charge on any atom is 0.0533 e. The number of ether oxygens (including phenoxy) is 1. The summed E-state index contributed by atoms with van der Waals surface area (Å²) in [7, 11) is 1.84. The first kappa shape index (κ1) is 18.0. The third-order valence-corrected chi connectivity index (χ3v) is 5.34. The zero-order chi connectivity index (χ0) is 14.7. The molecule has 1 aliphatic rings. The summed E-state index contributed by atoms with van der Waals surface area (Å²) in [6.07, 6.45) is 16.5. The summed E-state index contributed by atoms with van der Waals surface area (Å²) < 4.78 is 5.57. The molecule has 1 unspecified atom stereocenters. The Hall–Kier alpha value is -0.0800. The van der Waals surface area contributed by atoms with Crippen molar-refractivity contribution in [3.05, 3.63) is 0 Å². The molecule has 0 amide bonds. The summed E-state index contributed by atoms with van der Waals surface area (Å²) in [4.78, 5) is 0. The van der Waals surface area contributed by atoms with Crippen LogP contribution in [0.4, 0.5) is 0 Å². The smallest absolute Gasteiger partial charge is 0.0533 e. The van der Waals surface area contributed by atoms with Crippen molar-refractivity contribution in [3.8, 4) is 0 Å². The van der Waals surface area contributed by atoms with E-state index in [1.807, 2.05) is 7.11 Å². The molecule has 0 heterocycles. The molecule has 120 valence electrons. The molecule has 0 saturated heterocycles. The van der Waals surface area contributed by atoms with E-state index in [1.54, 1.807) is 0 Å². The lowest BCUT2D eigenvalue weighted by molar-refractivity contribution is 0.0129. The lowest BCUT2D eigenvalue weighted by Gasteiger charge is -2.42. The average Bonchev–Trinajstić information content (AvgIpc) is 2.50. The molecule has 0 aliphatic heterocycles. The Balaban J connectivity index is 2.41. The Morgan fingerprint density at radius 1 is 1.00 bits per heavy atom. The highest BCUT2D eigenvalue weighted by atomic mass is 16.5. The maximum absolute atomic E-state index is 6.21. The molecule has 1 rings (SSSR count). The third kappa shape index (κ3) is 5.73. The molecule has 2 heteroatoms. The lowest BCUT2D eigenvalue weighted by Crippen LogP contribution is -2.42. The molecule has 0 aromatic rings. The number of methoxy groups -OCH3 is 1. The highest BCUT2D eigenvalue weighted by Gasteiger charge is 2.37. The van der Waals surface area contributed by atoms with Gasteiger partial charge in [0.15, 0.2) is 0 Å². The van der Waals surface area contributed by atoms with Crippen molar-refractivity contribution in [3.63, 3.8) is 0 Å². The van der Waals surface area contributed by atoms with E-state index in [4.69, 9.17) is 10.5 Å². The Morgan fingerprint density at radius 2 is 1.65 bits per heavy atom. The fourth-order valence-corrected chi connectivity index (χ4v) is 3.98. The Kier molecular flexibility index (Phi) is 9.54. The second-order valence-corrected chi connectivity index (χ2v) is 6.85. The van der Waals surface area contributed by atoms with Crippen molar-refractivity contribution in [1.82, 2.24) is 0 Å². The average molecular weight is 284 g/mol. The van der Waals surface area contributed by atoms with Crippen LogP contribution >= 0.6 is 0 Å². The van der Waals surface area contributed by atoms with E-state index in [1.165, 1.54) is 77.0 Å². The lowest BCUT2D eigenvalue weighted by atomic mass is 9.66. The number of unbranched alkanes of at least 4 members (excludes halogenated alkanes) is 5. The Bertz CT molecular complexity index is 225. The van der Waals surface area contributed by atoms with Crippen molar-refractivity contribution < 1.29 is 4.74 Å². The predicted molar refractivity (Wildman–Crippen MR) is 87.9 cm³/mol. The first-order valence-corrected chi connectivity index (χ1v) is 8.98. The molecule has 1 fully saturated rings. The molecular formula is C18H37NO. The van der Waals surface area contributed by atoms with E-state index in [0.717, 1.165) is 19.1 Å². The molecule has 1 atom stereocenters. The third-order valence-electron chi connectivity index (χ3n) is 5.34. The van der Waals surface area contributed by atoms with Gasteiger partial charge in [0.2, 0.25) is 0 Å². The fraction of sp³-hybridized carbons (Fsp3) is 1.00. The van der Waals surface area contributed by atoms with Gasteiger partial charge in [-0.1, -0.05) is 64.7 Å². The van der Waals surface area contributed by atoms with Gasteiger partial charge in [0, 0.05) is 19.1 Å². The Labute approximate surface area is 126 Å². The van der Waals surface area contributed by atoms with Gasteiger partial charge in [-0.2, -0.15) is 0 Å². The molecular weight excluding hydrogens is 246 g/mol. The second kappa shape index (κ2) is 10.6. The quantitative estimate of drug-likeness (QED) is 0.547. The van der Waals surface area contributed by atoms with Crippen molar-refractivity contribution in [2.24, 2.45) is 17.1 Å². The molecule has 1 saturated carbocycles. The normalized spacial score (nSPS) is 19.9. The van der Waals surface area contributed by atoms with Gasteiger partial charge in [0.1, 0.15) is 0 Å². The molecule has 20 heavy (non-hydrogen) atoms. The summed E-state index contributed by atoms with van der Waals surface area (Å²) in [6.45, 7) is 3.95. The van der Waals surface area contributed by atoms with Crippen LogP contribution in [0.2, 0.25) is 0 Å². The van der Waals surface area contributed by atoms with Gasteiger partial charge in [-0.05, 0) is 25.2 Å². The zero-order valence-corrected chi connectivity index (χ0v) is 14.0. The summed E-state index contributed by atoms with van der Waals surface area (Å²) in [6, 6.07) is 0. The van der Waals surface area contributed by atoms with Crippen molar-refractivity contribution in [1.29, 1.82) is 0 Å². The molecule has 0 aromatic carbocycles. The van der Waals surface area contributed by atoms with Gasteiger partial charge in [0.05, 0.1) is 6.61 Å². The number of nitrogens with two attached hydrogens (primary N) is 1. The fourth-order valence-electron chi connectivity index (χ4n) is 3.98. The summed E-state index contributed by atoms with van der Waals surface area (Å²) in [5.41, 5.74) is 6.47. The first-order chi connectivity index (χ1) is 9.79. The van der Waals surface area contributed by atoms with Crippen molar-refractivity contribution in [2.75, 3.05) is 20.3 Å². The van der Waals surface area contributed by atoms with Crippen LogP contribution in [-0.4, -0.2) is 20.3 Å². The van der Waals surface area contributed by atoms with E-state index in [9.17, 15) is 0 Å². The van der Waals surface area contributed by atoms with Crippen LogP contribution in [0.5, 0.6) is 0 Å². The van der Waals surface area contributed by atoms with Gasteiger partial charge in [-0.15, -0.1) is 0 Å². The Morgan fingerprint density at radius 3 is 2.25 bits per heavy atom. The van der Waals surface area contributed by atoms with Gasteiger partial charge in [-0.3, -0.25) is 0 Å². The van der Waals surface area contributed by atoms with E-state index < -0.39 is 0 Å². The largest absolute Gasteiger partial charge is 0.384 e. The van der Waals surface area contributed by atoms with Crippen LogP contribution in [0.1, 0.15) is 84.0 Å². The van der Waals surface area contributed by atoms with Crippen LogP contribution in [0.3, 0.4) is 0 Å². The van der Waals surface area contributed by atoms with Gasteiger partial charge < -0.3 is 10.5 Å². The summed E-state index contributed by atoms with van der Waals surface area (Å²) >= 11 is 0. The zero-order valence-electron chi connectivity index (χ0n) is 14.0. The summed E-state index contributed by atoms with van der Waals surface area (Å²) in [5, 5.41) is 0. The summed E-state index contributed by atoms with van der Waals surface area (Å²) in [5.74, 6) is 0.803. The van der Waals surface area contributed by atoms with Gasteiger partial charge in [0.25, 0.3) is 0 Å². The number of rotatable bonds is 11. The molecule has 2 N–H and O–H groups in total. The van der Waals surface area contributed by atoms with E-state index in [2.05, 4.69) is 6.92 Å². The van der Waals surface area contributed by atoms with Crippen molar-refractivity contribution >= 4 is 0 Å². The topological polar surface area (TPSA) is 35.2 Å². The highest BCUT2D eigenvalue weighted by Crippen LogP contribution is 2.42. The minimum absolute atomic E-state index is 0.264. The standard InChI is InChI=1S/C18H37NO/c1-3-4-5-6-7-11-14-18(15-19,16-20-2)17-12-9-8-10-13-17/h17H,3-16,19H2,1-2H3. The van der Waals surface area contributed by atoms with E-state index in [-0.39, 0.29) is 5.41 Å². The van der Waals surface area contributed by atoms with Crippen molar-refractivity contribution in [2.45, 2.75) is 84.0 Å². The molecule has 0 radical (unpaired) electrons. The predicted octanol–water partition coefficient (Wildman–Crippen LogP) is 4.91. The van der Waals surface area contributed by atoms with Crippen LogP contribution in [0.15, 0.2) is 0 Å². The number of hydrogen-bond donors (Lipinski definition) is 1. The van der Waals surface area contributed by atoms with Gasteiger partial charge >= 0.3 is 0 Å². The number of hydrogen-bond acceptors (Lipinski definition) is 2. The van der Waals surface area contributed by atoms with Crippen LogP contribution < -0.4 is 5.73 Å². The monoisotopic (exact) mass is 283 g/mol. The molecule has 0 spiro atoms. The minimum atomic E-state index is 0.264. The van der Waals surface area contributed by atoms with Gasteiger partial charge in [-0.25, -0.2) is 0 Å². The van der Waals surface area contributed by atoms with Crippen LogP contribution in [-0.2, 0) is 4.74 Å². The highest BCUT2D eigenvalue weighted by molar-refractivity contribution is 4.89. The maximum atomic E-state index is 6.21. The van der Waals surface area contributed by atoms with Crippen LogP contribution in [0, 0.1) is 11.3 Å². The van der Waals surface area contributed by atoms with E-state index >= 15 is 0 Å². The molecule has 2 nitrogen and oxygen atoms in total. The molecule has 0 bridgehead atoms. The van der Waals surface area contributed by atoms with E-state index in [0.29, 0.717) is 0 Å².